The first-order chi connectivity index (χ1) is 14.2. The maximum Gasteiger partial charge on any atom is 0.251 e. The highest BCUT2D eigenvalue weighted by molar-refractivity contribution is 6.00. The lowest BCUT2D eigenvalue weighted by molar-refractivity contribution is 0.0908. The average Bonchev–Trinajstić information content (AvgIpc) is 3.02. The molecule has 0 fully saturated rings. The first kappa shape index (κ1) is 20.0. The summed E-state index contributed by atoms with van der Waals surface area (Å²) in [5.74, 6) is -0.371. The Kier molecular flexibility index (Phi) is 5.02. The number of nitrogens with one attached hydrogen (secondary N) is 1. The molecule has 2 aromatic carbocycles. The van der Waals surface area contributed by atoms with Crippen molar-refractivity contribution in [1.82, 2.24) is 15.1 Å². The van der Waals surface area contributed by atoms with E-state index >= 15 is 0 Å². The number of aromatic nitrogens is 2. The van der Waals surface area contributed by atoms with Crippen LogP contribution in [0, 0.1) is 18.2 Å². The first-order valence-electron chi connectivity index (χ1n) is 9.98. The van der Waals surface area contributed by atoms with Crippen molar-refractivity contribution in [2.75, 3.05) is 0 Å². The summed E-state index contributed by atoms with van der Waals surface area (Å²) in [6.07, 6.45) is 1.30. The van der Waals surface area contributed by atoms with E-state index in [1.54, 1.807) is 24.3 Å². The van der Waals surface area contributed by atoms with Gasteiger partial charge in [-0.15, -0.1) is 0 Å². The van der Waals surface area contributed by atoms with E-state index in [-0.39, 0.29) is 22.9 Å². The third kappa shape index (κ3) is 3.90. The maximum absolute atomic E-state index is 13.0. The summed E-state index contributed by atoms with van der Waals surface area (Å²) in [7, 11) is 0. The number of hydrogen-bond acceptors (Lipinski definition) is 3. The van der Waals surface area contributed by atoms with Gasteiger partial charge in [-0.3, -0.25) is 9.59 Å². The van der Waals surface area contributed by atoms with Crippen LogP contribution >= 0.6 is 0 Å². The zero-order chi connectivity index (χ0) is 21.5. The smallest absolute Gasteiger partial charge is 0.251 e. The highest BCUT2D eigenvalue weighted by Crippen LogP contribution is 2.36. The molecule has 1 amide bonds. The molecule has 0 unspecified atom stereocenters. The fourth-order valence-corrected chi connectivity index (χ4v) is 3.99. The van der Waals surface area contributed by atoms with Crippen LogP contribution in [0.15, 0.2) is 48.5 Å². The number of carbonyl (C=O) groups excluding carboxylic acids is 2. The van der Waals surface area contributed by atoms with Crippen molar-refractivity contribution in [1.29, 1.82) is 0 Å². The maximum atomic E-state index is 13.0. The molecule has 1 aromatic heterocycles. The number of amides is 1. The number of ketones is 1. The third-order valence-electron chi connectivity index (χ3n) is 5.46. The number of rotatable bonds is 4. The van der Waals surface area contributed by atoms with E-state index in [9.17, 15) is 14.0 Å². The number of Topliss-reactive ketones (excluding diaryl/α,β-unsaturated/α-hetero) is 1. The molecule has 0 radical (unpaired) electrons. The monoisotopic (exact) mass is 405 g/mol. The zero-order valence-electron chi connectivity index (χ0n) is 17.3. The van der Waals surface area contributed by atoms with Gasteiger partial charge in [0.15, 0.2) is 5.78 Å². The second kappa shape index (κ2) is 7.52. The van der Waals surface area contributed by atoms with Crippen molar-refractivity contribution in [3.63, 3.8) is 0 Å². The average molecular weight is 405 g/mol. The van der Waals surface area contributed by atoms with Crippen molar-refractivity contribution in [2.24, 2.45) is 5.41 Å². The summed E-state index contributed by atoms with van der Waals surface area (Å²) < 4.78 is 14.8. The van der Waals surface area contributed by atoms with Crippen LogP contribution in [0.2, 0.25) is 0 Å². The molecule has 5 nitrogen and oxygen atoms in total. The largest absolute Gasteiger partial charge is 0.348 e. The highest BCUT2D eigenvalue weighted by Gasteiger charge is 2.35. The first-order valence-corrected chi connectivity index (χ1v) is 9.98. The van der Waals surface area contributed by atoms with Crippen molar-refractivity contribution in [3.8, 4) is 5.69 Å². The van der Waals surface area contributed by atoms with Gasteiger partial charge in [0.05, 0.1) is 22.6 Å². The van der Waals surface area contributed by atoms with Crippen LogP contribution in [-0.4, -0.2) is 21.5 Å². The number of aryl methyl sites for hydroxylation is 1. The van der Waals surface area contributed by atoms with Crippen LogP contribution in [-0.2, 0) is 13.0 Å². The Morgan fingerprint density at radius 2 is 1.77 bits per heavy atom. The number of hydrogen-bond donors (Lipinski definition) is 1. The lowest BCUT2D eigenvalue weighted by Gasteiger charge is -2.29. The van der Waals surface area contributed by atoms with Gasteiger partial charge < -0.3 is 5.32 Å². The van der Waals surface area contributed by atoms with Crippen molar-refractivity contribution < 1.29 is 14.0 Å². The summed E-state index contributed by atoms with van der Waals surface area (Å²) in [5.41, 5.74) is 4.47. The predicted octanol–water partition coefficient (Wildman–Crippen LogP) is 4.40. The van der Waals surface area contributed by atoms with Crippen LogP contribution in [0.3, 0.4) is 0 Å². The summed E-state index contributed by atoms with van der Waals surface area (Å²) in [5, 5.41) is 7.44. The van der Waals surface area contributed by atoms with Gasteiger partial charge in [-0.1, -0.05) is 26.0 Å². The van der Waals surface area contributed by atoms with Gasteiger partial charge in [-0.25, -0.2) is 9.07 Å². The Hall–Kier alpha value is -3.28. The van der Waals surface area contributed by atoms with Crippen LogP contribution < -0.4 is 5.32 Å². The SMILES string of the molecule is Cc1nn(-c2ccc(C(=O)NCc3ccc(F)cc3)cc2)c2c1C(=O)CC(C)(C)C2. The molecule has 154 valence electrons. The van der Waals surface area contributed by atoms with Crippen LogP contribution in [0.5, 0.6) is 0 Å². The van der Waals surface area contributed by atoms with Crippen molar-refractivity contribution in [3.05, 3.63) is 82.4 Å². The van der Waals surface area contributed by atoms with Crippen LogP contribution in [0.4, 0.5) is 4.39 Å². The minimum absolute atomic E-state index is 0.103. The highest BCUT2D eigenvalue weighted by atomic mass is 19.1. The molecule has 0 aliphatic heterocycles. The van der Waals surface area contributed by atoms with E-state index in [4.69, 9.17) is 0 Å². The van der Waals surface area contributed by atoms with Crippen molar-refractivity contribution >= 4 is 11.7 Å². The lowest BCUT2D eigenvalue weighted by atomic mass is 9.75. The van der Waals surface area contributed by atoms with Gasteiger partial charge in [0.2, 0.25) is 0 Å². The number of carbonyl (C=O) groups is 2. The molecule has 1 heterocycles. The van der Waals surface area contributed by atoms with Gasteiger partial charge in [0.25, 0.3) is 5.91 Å². The molecule has 0 spiro atoms. The molecule has 3 aromatic rings. The molecular formula is C24H24FN3O2. The molecule has 0 atom stereocenters. The fraction of sp³-hybridized carbons (Fsp3) is 0.292. The Bertz CT molecular complexity index is 1110. The van der Waals surface area contributed by atoms with Gasteiger partial charge in [-0.2, -0.15) is 5.10 Å². The standard InChI is InChI=1S/C24H24FN3O2/c1-15-22-20(12-24(2,3)13-21(22)29)28(27-15)19-10-6-17(7-11-19)23(30)26-14-16-4-8-18(25)9-5-16/h4-11H,12-14H2,1-3H3,(H,26,30). The molecule has 1 aliphatic rings. The zero-order valence-corrected chi connectivity index (χ0v) is 17.3. The molecule has 0 saturated heterocycles. The predicted molar refractivity (Wildman–Crippen MR) is 112 cm³/mol. The normalized spacial score (nSPS) is 15.0. The van der Waals surface area contributed by atoms with Gasteiger partial charge in [0.1, 0.15) is 5.82 Å². The Balaban J connectivity index is 1.53. The molecule has 0 saturated carbocycles. The van der Waals surface area contributed by atoms with E-state index in [0.29, 0.717) is 18.5 Å². The summed E-state index contributed by atoms with van der Waals surface area (Å²) in [6.45, 7) is 6.37. The number of benzene rings is 2. The second-order valence-corrected chi connectivity index (χ2v) is 8.62. The van der Waals surface area contributed by atoms with Crippen LogP contribution in [0.1, 0.15) is 57.9 Å². The quantitative estimate of drug-likeness (QED) is 0.700. The van der Waals surface area contributed by atoms with E-state index in [1.165, 1.54) is 12.1 Å². The number of nitrogens with zero attached hydrogens (tertiary/aromatic N) is 2. The van der Waals surface area contributed by atoms with Crippen LogP contribution in [0.25, 0.3) is 5.69 Å². The van der Waals surface area contributed by atoms with Crippen molar-refractivity contribution in [2.45, 2.75) is 40.2 Å². The summed E-state index contributed by atoms with van der Waals surface area (Å²) in [4.78, 5) is 25.0. The van der Waals surface area contributed by atoms with E-state index in [2.05, 4.69) is 24.3 Å². The van der Waals surface area contributed by atoms with E-state index in [0.717, 1.165) is 34.6 Å². The molecule has 1 N–H and O–H groups in total. The second-order valence-electron chi connectivity index (χ2n) is 8.62. The minimum atomic E-state index is -0.304. The Morgan fingerprint density at radius 3 is 2.43 bits per heavy atom. The Morgan fingerprint density at radius 1 is 1.10 bits per heavy atom. The molecule has 0 bridgehead atoms. The molecular weight excluding hydrogens is 381 g/mol. The molecule has 1 aliphatic carbocycles. The van der Waals surface area contributed by atoms with E-state index in [1.807, 2.05) is 23.7 Å². The van der Waals surface area contributed by atoms with E-state index < -0.39 is 0 Å². The molecule has 6 heteroatoms. The summed E-state index contributed by atoms with van der Waals surface area (Å²) in [6, 6.07) is 13.2. The van der Waals surface area contributed by atoms with Gasteiger partial charge >= 0.3 is 0 Å². The number of halogens is 1. The van der Waals surface area contributed by atoms with Gasteiger partial charge in [-0.05, 0) is 60.7 Å². The minimum Gasteiger partial charge on any atom is -0.348 e. The lowest BCUT2D eigenvalue weighted by Crippen LogP contribution is -2.28. The molecule has 4 rings (SSSR count). The van der Waals surface area contributed by atoms with Gasteiger partial charge in [0, 0.05) is 18.5 Å². The Labute approximate surface area is 174 Å². The third-order valence-corrected chi connectivity index (χ3v) is 5.46. The molecule has 30 heavy (non-hydrogen) atoms. The summed E-state index contributed by atoms with van der Waals surface area (Å²) >= 11 is 0. The fourth-order valence-electron chi connectivity index (χ4n) is 3.99. The topological polar surface area (TPSA) is 64.0 Å². The number of fused-ring (bicyclic) bond motifs is 1.